The quantitative estimate of drug-likeness (QED) is 0.482. The van der Waals surface area contributed by atoms with Crippen LogP contribution in [-0.4, -0.2) is 33.7 Å². The molecule has 1 amide bonds. The van der Waals surface area contributed by atoms with Crippen molar-refractivity contribution in [3.05, 3.63) is 22.6 Å². The maximum Gasteiger partial charge on any atom is 0.251 e. The van der Waals surface area contributed by atoms with Gasteiger partial charge in [-0.1, -0.05) is 18.7 Å². The Kier molecular flexibility index (Phi) is 5.36. The topological polar surface area (TPSA) is 101 Å². The maximum absolute atomic E-state index is 11.4. The Bertz CT molecular complexity index is 462. The zero-order valence-corrected chi connectivity index (χ0v) is 11.3. The summed E-state index contributed by atoms with van der Waals surface area (Å²) in [6, 6.07) is 1.36. The molecule has 0 fully saturated rings. The monoisotopic (exact) mass is 270 g/mol. The number of hydrogen-bond donors (Lipinski definition) is 3. The van der Waals surface area contributed by atoms with Gasteiger partial charge >= 0.3 is 0 Å². The van der Waals surface area contributed by atoms with Gasteiger partial charge in [-0.05, 0) is 19.9 Å². The second-order valence-corrected chi connectivity index (χ2v) is 5.15. The first kappa shape index (κ1) is 14.7. The molecular weight excluding hydrogens is 252 g/mol. The van der Waals surface area contributed by atoms with E-state index in [1.807, 2.05) is 6.92 Å². The Labute approximate surface area is 110 Å². The molecule has 1 heterocycles. The number of amides is 1. The fraction of sp³-hybridized carbons (Fsp3) is 0.545. The number of primary amides is 1. The minimum absolute atomic E-state index is 0.183. The van der Waals surface area contributed by atoms with Gasteiger partial charge in [0.15, 0.2) is 5.16 Å². The third kappa shape index (κ3) is 4.15. The number of thioether (sulfide) groups is 1. The number of aromatic amines is 1. The maximum atomic E-state index is 11.4. The number of nitrogens with two attached hydrogens (primary N) is 1. The van der Waals surface area contributed by atoms with E-state index in [1.165, 1.54) is 24.0 Å². The molecule has 0 aliphatic carbocycles. The molecule has 0 spiro atoms. The molecule has 100 valence electrons. The van der Waals surface area contributed by atoms with Crippen LogP contribution in [0.25, 0.3) is 0 Å². The number of aromatic nitrogens is 2. The van der Waals surface area contributed by atoms with E-state index >= 15 is 0 Å². The molecule has 0 radical (unpaired) electrons. The van der Waals surface area contributed by atoms with Crippen LogP contribution in [0, 0.1) is 0 Å². The number of H-pyrrole nitrogens is 1. The number of nitrogens with zero attached hydrogens (tertiary/aromatic N) is 1. The van der Waals surface area contributed by atoms with Crippen LogP contribution >= 0.6 is 11.8 Å². The predicted octanol–water partition coefficient (Wildman–Crippen LogP) is 0.106. The molecule has 6 nitrogen and oxygen atoms in total. The molecule has 1 aromatic rings. The van der Waals surface area contributed by atoms with Gasteiger partial charge in [0.2, 0.25) is 5.91 Å². The Morgan fingerprint density at radius 2 is 2.39 bits per heavy atom. The van der Waals surface area contributed by atoms with Crippen molar-refractivity contribution >= 4 is 17.7 Å². The second-order valence-electron chi connectivity index (χ2n) is 4.06. The Hall–Kier alpha value is -1.34. The van der Waals surface area contributed by atoms with Crippen LogP contribution in [0.3, 0.4) is 0 Å². The molecule has 0 aromatic carbocycles. The first-order valence-electron chi connectivity index (χ1n) is 5.71. The average Bonchev–Trinajstić information content (AvgIpc) is 2.29. The van der Waals surface area contributed by atoms with Crippen LogP contribution in [0.5, 0.6) is 0 Å². The van der Waals surface area contributed by atoms with Gasteiger partial charge < -0.3 is 16.0 Å². The fourth-order valence-corrected chi connectivity index (χ4v) is 2.48. The summed E-state index contributed by atoms with van der Waals surface area (Å²) < 4.78 is 0. The van der Waals surface area contributed by atoms with Crippen molar-refractivity contribution in [2.45, 2.75) is 31.0 Å². The molecule has 1 atom stereocenters. The Morgan fingerprint density at radius 3 is 2.94 bits per heavy atom. The van der Waals surface area contributed by atoms with Crippen LogP contribution in [-0.2, 0) is 4.79 Å². The van der Waals surface area contributed by atoms with Crippen LogP contribution in [0.2, 0.25) is 0 Å². The Balaban J connectivity index is 2.54. The molecule has 0 saturated heterocycles. The average molecular weight is 270 g/mol. The van der Waals surface area contributed by atoms with Crippen LogP contribution in [0.15, 0.2) is 22.2 Å². The summed E-state index contributed by atoms with van der Waals surface area (Å²) in [7, 11) is 0. The minimum Gasteiger partial charge on any atom is -0.368 e. The number of carbonyl (C=O) groups excluding carboxylic acids is 1. The molecule has 0 aliphatic heterocycles. The number of nitrogens with one attached hydrogen (secondary N) is 2. The molecule has 1 aromatic heterocycles. The van der Waals surface area contributed by atoms with E-state index in [1.54, 1.807) is 6.92 Å². The van der Waals surface area contributed by atoms with Gasteiger partial charge in [-0.25, -0.2) is 4.98 Å². The van der Waals surface area contributed by atoms with Crippen LogP contribution in [0.4, 0.5) is 0 Å². The van der Waals surface area contributed by atoms with Crippen molar-refractivity contribution in [3.63, 3.8) is 0 Å². The van der Waals surface area contributed by atoms with Crippen molar-refractivity contribution in [2.24, 2.45) is 5.73 Å². The highest BCUT2D eigenvalue weighted by molar-refractivity contribution is 7.99. The van der Waals surface area contributed by atoms with Gasteiger partial charge in [0, 0.05) is 18.0 Å². The number of likely N-dealkylation sites (N-methyl/N-ethyl adjacent to an activating group) is 1. The molecule has 0 saturated carbocycles. The molecule has 0 bridgehead atoms. The summed E-state index contributed by atoms with van der Waals surface area (Å²) in [4.78, 5) is 29.1. The summed E-state index contributed by atoms with van der Waals surface area (Å²) in [6.45, 7) is 4.37. The first-order chi connectivity index (χ1) is 8.48. The van der Waals surface area contributed by atoms with Gasteiger partial charge in [0.05, 0.1) is 5.54 Å². The normalized spacial score (nSPS) is 14.1. The van der Waals surface area contributed by atoms with E-state index in [2.05, 4.69) is 15.3 Å². The van der Waals surface area contributed by atoms with E-state index in [9.17, 15) is 9.59 Å². The lowest BCUT2D eigenvalue weighted by Crippen LogP contribution is -2.53. The third-order valence-electron chi connectivity index (χ3n) is 2.60. The molecule has 1 unspecified atom stereocenters. The van der Waals surface area contributed by atoms with Gasteiger partial charge in [-0.3, -0.25) is 9.59 Å². The van der Waals surface area contributed by atoms with E-state index in [-0.39, 0.29) is 11.5 Å². The SMILES string of the molecule is CCNC(C)(CCSc1nccc(=O)[nH]1)C(N)=O. The predicted molar refractivity (Wildman–Crippen MR) is 71.5 cm³/mol. The van der Waals surface area contributed by atoms with E-state index in [0.29, 0.717) is 23.9 Å². The van der Waals surface area contributed by atoms with Gasteiger partial charge in [-0.2, -0.15) is 0 Å². The highest BCUT2D eigenvalue weighted by atomic mass is 32.2. The highest BCUT2D eigenvalue weighted by Gasteiger charge is 2.29. The van der Waals surface area contributed by atoms with Crippen LogP contribution in [0.1, 0.15) is 20.3 Å². The minimum atomic E-state index is -0.725. The molecule has 4 N–H and O–H groups in total. The van der Waals surface area contributed by atoms with Crippen molar-refractivity contribution in [1.82, 2.24) is 15.3 Å². The Morgan fingerprint density at radius 1 is 1.67 bits per heavy atom. The van der Waals surface area contributed by atoms with Crippen molar-refractivity contribution in [3.8, 4) is 0 Å². The smallest absolute Gasteiger partial charge is 0.251 e. The zero-order chi connectivity index (χ0) is 13.6. The lowest BCUT2D eigenvalue weighted by molar-refractivity contribution is -0.123. The summed E-state index contributed by atoms with van der Waals surface area (Å²) in [5, 5.41) is 3.62. The number of carbonyl (C=O) groups is 1. The molecular formula is C11H18N4O2S. The summed E-state index contributed by atoms with van der Waals surface area (Å²) in [5.41, 5.74) is 4.47. The third-order valence-corrected chi connectivity index (χ3v) is 3.49. The van der Waals surface area contributed by atoms with Crippen molar-refractivity contribution in [1.29, 1.82) is 0 Å². The lowest BCUT2D eigenvalue weighted by atomic mass is 9.98. The van der Waals surface area contributed by atoms with Gasteiger partial charge in [0.1, 0.15) is 0 Å². The largest absolute Gasteiger partial charge is 0.368 e. The lowest BCUT2D eigenvalue weighted by Gasteiger charge is -2.26. The summed E-state index contributed by atoms with van der Waals surface area (Å²) >= 11 is 1.39. The highest BCUT2D eigenvalue weighted by Crippen LogP contribution is 2.17. The first-order valence-corrected chi connectivity index (χ1v) is 6.69. The standard InChI is InChI=1S/C11H18N4O2S/c1-3-14-11(2,9(12)17)5-7-18-10-13-6-4-8(16)15-10/h4,6,14H,3,5,7H2,1-2H3,(H2,12,17)(H,13,15,16). The summed E-state index contributed by atoms with van der Waals surface area (Å²) in [6.07, 6.45) is 2.03. The summed E-state index contributed by atoms with van der Waals surface area (Å²) in [5.74, 6) is 0.263. The molecule has 18 heavy (non-hydrogen) atoms. The zero-order valence-electron chi connectivity index (χ0n) is 10.5. The fourth-order valence-electron chi connectivity index (χ4n) is 1.47. The molecule has 7 heteroatoms. The van der Waals surface area contributed by atoms with Crippen LogP contribution < -0.4 is 16.6 Å². The van der Waals surface area contributed by atoms with E-state index < -0.39 is 5.54 Å². The van der Waals surface area contributed by atoms with E-state index in [4.69, 9.17) is 5.73 Å². The van der Waals surface area contributed by atoms with Crippen molar-refractivity contribution < 1.29 is 4.79 Å². The van der Waals surface area contributed by atoms with Gasteiger partial charge in [-0.15, -0.1) is 0 Å². The second kappa shape index (κ2) is 6.55. The molecule has 0 aliphatic rings. The number of hydrogen-bond acceptors (Lipinski definition) is 5. The van der Waals surface area contributed by atoms with Gasteiger partial charge in [0.25, 0.3) is 5.56 Å². The molecule has 1 rings (SSSR count). The number of rotatable bonds is 7. The van der Waals surface area contributed by atoms with Crippen molar-refractivity contribution in [2.75, 3.05) is 12.3 Å². The van der Waals surface area contributed by atoms with E-state index in [0.717, 1.165) is 0 Å².